The molecule has 4 heteroatoms. The Labute approximate surface area is 116 Å². The first-order chi connectivity index (χ1) is 9.72. The molecule has 2 rings (SSSR count). The van der Waals surface area contributed by atoms with Crippen molar-refractivity contribution in [3.8, 4) is 18.2 Å². The van der Waals surface area contributed by atoms with Gasteiger partial charge in [-0.05, 0) is 12.1 Å². The molecular weight excluding hydrogens is 248 g/mol. The molecule has 0 radical (unpaired) electrons. The van der Waals surface area contributed by atoms with Crippen molar-refractivity contribution >= 4 is 5.71 Å². The minimum atomic E-state index is 0.0656. The van der Waals surface area contributed by atoms with Gasteiger partial charge < -0.3 is 0 Å². The SMILES string of the molecule is N#Cc1ccccc1C(=N)c1cccc(C#N)c1C#N. The first kappa shape index (κ1) is 13.0. The van der Waals surface area contributed by atoms with Gasteiger partial charge in [0.2, 0.25) is 0 Å². The lowest BCUT2D eigenvalue weighted by atomic mass is 9.93. The van der Waals surface area contributed by atoms with Gasteiger partial charge in [-0.25, -0.2) is 0 Å². The molecule has 1 N–H and O–H groups in total. The largest absolute Gasteiger partial charge is 0.300 e. The lowest BCUT2D eigenvalue weighted by Crippen LogP contribution is -2.07. The number of nitriles is 3. The zero-order valence-corrected chi connectivity index (χ0v) is 10.4. The van der Waals surface area contributed by atoms with Crippen LogP contribution in [-0.4, -0.2) is 5.71 Å². The van der Waals surface area contributed by atoms with Crippen molar-refractivity contribution in [1.29, 1.82) is 21.2 Å². The van der Waals surface area contributed by atoms with Crippen LogP contribution in [0.25, 0.3) is 0 Å². The smallest absolute Gasteiger partial charge is 0.101 e. The first-order valence-corrected chi connectivity index (χ1v) is 5.74. The Bertz CT molecular complexity index is 814. The highest BCUT2D eigenvalue weighted by Gasteiger charge is 2.15. The third kappa shape index (κ3) is 2.12. The Kier molecular flexibility index (Phi) is 3.57. The molecule has 0 aliphatic heterocycles. The second kappa shape index (κ2) is 5.48. The Morgan fingerprint density at radius 2 is 1.35 bits per heavy atom. The summed E-state index contributed by atoms with van der Waals surface area (Å²) in [5, 5.41) is 35.5. The van der Waals surface area contributed by atoms with Gasteiger partial charge >= 0.3 is 0 Å². The van der Waals surface area contributed by atoms with Crippen LogP contribution in [0.5, 0.6) is 0 Å². The molecule has 0 spiro atoms. The van der Waals surface area contributed by atoms with Gasteiger partial charge in [-0.15, -0.1) is 0 Å². The fourth-order valence-corrected chi connectivity index (χ4v) is 1.92. The highest BCUT2D eigenvalue weighted by Crippen LogP contribution is 2.19. The third-order valence-electron chi connectivity index (χ3n) is 2.88. The van der Waals surface area contributed by atoms with E-state index in [1.54, 1.807) is 36.4 Å². The van der Waals surface area contributed by atoms with E-state index in [9.17, 15) is 5.26 Å². The van der Waals surface area contributed by atoms with E-state index in [4.69, 9.17) is 15.9 Å². The second-order valence-electron chi connectivity index (χ2n) is 3.98. The van der Waals surface area contributed by atoms with Crippen LogP contribution in [-0.2, 0) is 0 Å². The van der Waals surface area contributed by atoms with Crippen molar-refractivity contribution in [2.24, 2.45) is 0 Å². The van der Waals surface area contributed by atoms with Crippen LogP contribution < -0.4 is 0 Å². The summed E-state index contributed by atoms with van der Waals surface area (Å²) in [5.74, 6) is 0. The van der Waals surface area contributed by atoms with Crippen LogP contribution in [0.15, 0.2) is 42.5 Å². The summed E-state index contributed by atoms with van der Waals surface area (Å²) in [5.41, 5.74) is 1.62. The Morgan fingerprint density at radius 1 is 0.750 bits per heavy atom. The summed E-state index contributed by atoms with van der Waals surface area (Å²) < 4.78 is 0. The molecule has 2 aromatic rings. The van der Waals surface area contributed by atoms with Crippen LogP contribution in [0.3, 0.4) is 0 Å². The molecule has 0 fully saturated rings. The van der Waals surface area contributed by atoms with Crippen LogP contribution in [0.1, 0.15) is 27.8 Å². The molecule has 4 nitrogen and oxygen atoms in total. The standard InChI is InChI=1S/C16H8N4/c17-8-11-4-1-2-6-13(11)16(20)14-7-3-5-12(9-18)15(14)10-19/h1-7,20H. The van der Waals surface area contributed by atoms with E-state index in [1.165, 1.54) is 6.07 Å². The minimum Gasteiger partial charge on any atom is -0.300 e. The van der Waals surface area contributed by atoms with Crippen LogP contribution in [0.4, 0.5) is 0 Å². The molecule has 0 bridgehead atoms. The highest BCUT2D eigenvalue weighted by atomic mass is 14.4. The van der Waals surface area contributed by atoms with E-state index in [0.29, 0.717) is 16.7 Å². The maximum absolute atomic E-state index is 9.19. The van der Waals surface area contributed by atoms with Gasteiger partial charge in [0.1, 0.15) is 12.1 Å². The molecular formula is C16H8N4. The Hall–Kier alpha value is -3.42. The monoisotopic (exact) mass is 256 g/mol. The van der Waals surface area contributed by atoms with Crippen molar-refractivity contribution < 1.29 is 0 Å². The lowest BCUT2D eigenvalue weighted by molar-refractivity contribution is 1.38. The number of nitrogens with one attached hydrogen (secondary N) is 1. The van der Waals surface area contributed by atoms with E-state index in [1.807, 2.05) is 18.2 Å². The predicted octanol–water partition coefficient (Wildman–Crippen LogP) is 2.72. The van der Waals surface area contributed by atoms with Gasteiger partial charge in [0.15, 0.2) is 0 Å². The summed E-state index contributed by atoms with van der Waals surface area (Å²) in [6.45, 7) is 0. The molecule has 0 atom stereocenters. The van der Waals surface area contributed by atoms with Crippen molar-refractivity contribution in [2.75, 3.05) is 0 Å². The van der Waals surface area contributed by atoms with E-state index in [0.717, 1.165) is 0 Å². The molecule has 0 aliphatic rings. The molecule has 92 valence electrons. The molecule has 0 aromatic heterocycles. The predicted molar refractivity (Wildman–Crippen MR) is 73.0 cm³/mol. The van der Waals surface area contributed by atoms with Gasteiger partial charge in [0, 0.05) is 11.1 Å². The molecule has 0 unspecified atom stereocenters. The van der Waals surface area contributed by atoms with Crippen LogP contribution in [0.2, 0.25) is 0 Å². The lowest BCUT2D eigenvalue weighted by Gasteiger charge is -2.08. The van der Waals surface area contributed by atoms with E-state index in [2.05, 4.69) is 0 Å². The number of nitrogens with zero attached hydrogens (tertiary/aromatic N) is 3. The number of benzene rings is 2. The van der Waals surface area contributed by atoms with Crippen LogP contribution in [0, 0.1) is 39.4 Å². The average Bonchev–Trinajstić information content (AvgIpc) is 2.53. The van der Waals surface area contributed by atoms with E-state index in [-0.39, 0.29) is 16.8 Å². The zero-order chi connectivity index (χ0) is 14.5. The maximum Gasteiger partial charge on any atom is 0.101 e. The second-order valence-corrected chi connectivity index (χ2v) is 3.98. The number of hydrogen-bond donors (Lipinski definition) is 1. The highest BCUT2D eigenvalue weighted by molar-refractivity contribution is 6.13. The third-order valence-corrected chi connectivity index (χ3v) is 2.88. The van der Waals surface area contributed by atoms with Gasteiger partial charge in [-0.1, -0.05) is 30.3 Å². The Morgan fingerprint density at radius 3 is 2.00 bits per heavy atom. The number of rotatable bonds is 2. The van der Waals surface area contributed by atoms with Crippen molar-refractivity contribution in [2.45, 2.75) is 0 Å². The topological polar surface area (TPSA) is 95.2 Å². The van der Waals surface area contributed by atoms with Gasteiger partial charge in [-0.2, -0.15) is 15.8 Å². The molecule has 0 heterocycles. The molecule has 0 amide bonds. The fourth-order valence-electron chi connectivity index (χ4n) is 1.92. The minimum absolute atomic E-state index is 0.0656. The fraction of sp³-hybridized carbons (Fsp3) is 0. The molecule has 0 saturated heterocycles. The quantitative estimate of drug-likeness (QED) is 0.836. The van der Waals surface area contributed by atoms with Crippen molar-refractivity contribution in [1.82, 2.24) is 0 Å². The Balaban J connectivity index is 2.65. The van der Waals surface area contributed by atoms with Gasteiger partial charge in [0.25, 0.3) is 0 Å². The molecule has 20 heavy (non-hydrogen) atoms. The van der Waals surface area contributed by atoms with Gasteiger partial charge in [0.05, 0.1) is 28.5 Å². The average molecular weight is 256 g/mol. The molecule has 0 aliphatic carbocycles. The van der Waals surface area contributed by atoms with E-state index < -0.39 is 0 Å². The first-order valence-electron chi connectivity index (χ1n) is 5.74. The summed E-state index contributed by atoms with van der Waals surface area (Å²) in [7, 11) is 0. The van der Waals surface area contributed by atoms with Crippen molar-refractivity contribution in [3.63, 3.8) is 0 Å². The maximum atomic E-state index is 9.19. The molecule has 0 saturated carbocycles. The summed E-state index contributed by atoms with van der Waals surface area (Å²) >= 11 is 0. The zero-order valence-electron chi connectivity index (χ0n) is 10.4. The van der Waals surface area contributed by atoms with Crippen molar-refractivity contribution in [3.05, 3.63) is 70.3 Å². The number of hydrogen-bond acceptors (Lipinski definition) is 4. The summed E-state index contributed by atoms with van der Waals surface area (Å²) in [4.78, 5) is 0. The van der Waals surface area contributed by atoms with E-state index >= 15 is 0 Å². The van der Waals surface area contributed by atoms with Gasteiger partial charge in [-0.3, -0.25) is 5.41 Å². The molecule has 2 aromatic carbocycles. The summed E-state index contributed by atoms with van der Waals surface area (Å²) in [6, 6.07) is 17.4. The van der Waals surface area contributed by atoms with Crippen LogP contribution >= 0.6 is 0 Å². The normalized spacial score (nSPS) is 9.05. The summed E-state index contributed by atoms with van der Waals surface area (Å²) in [6.07, 6.45) is 0.